The third-order valence-electron chi connectivity index (χ3n) is 2.56. The van der Waals surface area contributed by atoms with Gasteiger partial charge in [0.1, 0.15) is 0 Å². The number of hydrogen-bond donors (Lipinski definition) is 2. The van der Waals surface area contributed by atoms with E-state index in [0.29, 0.717) is 0 Å². The molecule has 0 aliphatic heterocycles. The molecule has 0 aliphatic rings. The summed E-state index contributed by atoms with van der Waals surface area (Å²) >= 11 is 5.72. The molecule has 0 radical (unpaired) electrons. The number of nitrogens with one attached hydrogen (secondary N) is 1. The number of rotatable bonds is 3. The van der Waals surface area contributed by atoms with E-state index in [4.69, 9.17) is 11.6 Å². The highest BCUT2D eigenvalue weighted by atomic mass is 35.5. The number of aryl methyl sites for hydroxylation is 1. The van der Waals surface area contributed by atoms with Crippen molar-refractivity contribution in [3.63, 3.8) is 0 Å². The Hall–Kier alpha value is -1.72. The molecule has 2 N–H and O–H groups in total. The van der Waals surface area contributed by atoms with Gasteiger partial charge in [-0.05, 0) is 31.2 Å². The Labute approximate surface area is 116 Å². The maximum absolute atomic E-state index is 12.1. The highest BCUT2D eigenvalue weighted by Crippen LogP contribution is 2.32. The molecule has 0 aromatic heterocycles. The van der Waals surface area contributed by atoms with Crippen LogP contribution < -0.4 is 4.72 Å². The van der Waals surface area contributed by atoms with Crippen LogP contribution in [0.1, 0.15) is 5.56 Å². The summed E-state index contributed by atoms with van der Waals surface area (Å²) in [6.45, 7) is 1.87. The lowest BCUT2D eigenvalue weighted by atomic mass is 10.2. The summed E-state index contributed by atoms with van der Waals surface area (Å²) in [6.07, 6.45) is 0. The molecule has 0 heterocycles. The molecule has 0 unspecified atom stereocenters. The predicted octanol–water partition coefficient (Wildman–Crippen LogP) is 3.15. The Balaban J connectivity index is 2.36. The van der Waals surface area contributed by atoms with Crippen molar-refractivity contribution in [1.82, 2.24) is 0 Å². The molecule has 4 nitrogen and oxygen atoms in total. The number of sulfonamides is 1. The molecule has 0 atom stereocenters. The molecule has 0 aliphatic carbocycles. The molecular formula is C13H12ClNO3S. The van der Waals surface area contributed by atoms with E-state index in [9.17, 15) is 13.5 Å². The lowest BCUT2D eigenvalue weighted by molar-refractivity contribution is 0.478. The number of halogens is 1. The third kappa shape index (κ3) is 3.00. The summed E-state index contributed by atoms with van der Waals surface area (Å²) in [5.41, 5.74) is 1.01. The minimum Gasteiger partial charge on any atom is -0.504 e. The van der Waals surface area contributed by atoms with Gasteiger partial charge in [-0.2, -0.15) is 0 Å². The predicted molar refractivity (Wildman–Crippen MR) is 75.1 cm³/mol. The number of benzene rings is 2. The Morgan fingerprint density at radius 1 is 1.11 bits per heavy atom. The zero-order valence-corrected chi connectivity index (χ0v) is 11.7. The van der Waals surface area contributed by atoms with E-state index < -0.39 is 10.0 Å². The van der Waals surface area contributed by atoms with Crippen LogP contribution in [0.3, 0.4) is 0 Å². The summed E-state index contributed by atoms with van der Waals surface area (Å²) in [6, 6.07) is 10.9. The van der Waals surface area contributed by atoms with Gasteiger partial charge in [-0.25, -0.2) is 8.42 Å². The van der Waals surface area contributed by atoms with Crippen molar-refractivity contribution < 1.29 is 13.5 Å². The van der Waals surface area contributed by atoms with E-state index in [1.807, 2.05) is 6.92 Å². The van der Waals surface area contributed by atoms with Crippen molar-refractivity contribution in [2.75, 3.05) is 4.72 Å². The second kappa shape index (κ2) is 5.11. The van der Waals surface area contributed by atoms with Gasteiger partial charge in [0.15, 0.2) is 5.75 Å². The van der Waals surface area contributed by atoms with Crippen molar-refractivity contribution >= 4 is 27.3 Å². The third-order valence-corrected chi connectivity index (χ3v) is 4.25. The lowest BCUT2D eigenvalue weighted by Crippen LogP contribution is -2.13. The maximum Gasteiger partial charge on any atom is 0.262 e. The summed E-state index contributed by atoms with van der Waals surface area (Å²) in [5.74, 6) is -0.292. The Kier molecular flexibility index (Phi) is 3.68. The van der Waals surface area contributed by atoms with Gasteiger partial charge < -0.3 is 5.11 Å². The van der Waals surface area contributed by atoms with Crippen LogP contribution in [0.2, 0.25) is 5.02 Å². The van der Waals surface area contributed by atoms with Crippen molar-refractivity contribution in [1.29, 1.82) is 0 Å². The molecule has 0 spiro atoms. The largest absolute Gasteiger partial charge is 0.504 e. The van der Waals surface area contributed by atoms with E-state index in [0.717, 1.165) is 5.56 Å². The van der Waals surface area contributed by atoms with Crippen LogP contribution in [0.25, 0.3) is 0 Å². The highest BCUT2D eigenvalue weighted by Gasteiger charge is 2.16. The minimum atomic E-state index is -3.74. The number of hydrogen-bond acceptors (Lipinski definition) is 3. The van der Waals surface area contributed by atoms with Crippen LogP contribution in [0, 0.1) is 6.92 Å². The second-order valence-corrected chi connectivity index (χ2v) is 6.14. The van der Waals surface area contributed by atoms with Crippen molar-refractivity contribution in [3.8, 4) is 5.75 Å². The summed E-state index contributed by atoms with van der Waals surface area (Å²) in [7, 11) is -3.74. The Morgan fingerprint density at radius 2 is 1.74 bits per heavy atom. The van der Waals surface area contributed by atoms with Gasteiger partial charge in [-0.1, -0.05) is 35.4 Å². The van der Waals surface area contributed by atoms with Crippen LogP contribution >= 0.6 is 11.6 Å². The number of phenolic OH excluding ortho intramolecular Hbond substituents is 1. The molecule has 0 amide bonds. The Bertz CT molecular complexity index is 696. The molecule has 0 saturated carbocycles. The zero-order chi connectivity index (χ0) is 14.0. The van der Waals surface area contributed by atoms with Crippen molar-refractivity contribution in [3.05, 3.63) is 53.1 Å². The van der Waals surface area contributed by atoms with E-state index in [1.54, 1.807) is 18.2 Å². The number of para-hydroxylation sites is 1. The van der Waals surface area contributed by atoms with Gasteiger partial charge in [0, 0.05) is 0 Å². The smallest absolute Gasteiger partial charge is 0.262 e. The molecule has 2 aromatic rings. The van der Waals surface area contributed by atoms with Crippen LogP contribution in [0.4, 0.5) is 5.69 Å². The quantitative estimate of drug-likeness (QED) is 0.855. The first kappa shape index (κ1) is 13.7. The first-order valence-corrected chi connectivity index (χ1v) is 7.33. The summed E-state index contributed by atoms with van der Waals surface area (Å²) < 4.78 is 26.5. The van der Waals surface area contributed by atoms with Gasteiger partial charge in [-0.15, -0.1) is 0 Å². The van der Waals surface area contributed by atoms with Crippen LogP contribution in [0.5, 0.6) is 5.75 Å². The highest BCUT2D eigenvalue weighted by molar-refractivity contribution is 7.92. The van der Waals surface area contributed by atoms with E-state index in [1.165, 1.54) is 24.3 Å². The van der Waals surface area contributed by atoms with Crippen molar-refractivity contribution in [2.24, 2.45) is 0 Å². The minimum absolute atomic E-state index is 0.0491. The second-order valence-electron chi connectivity index (χ2n) is 4.05. The molecule has 19 heavy (non-hydrogen) atoms. The maximum atomic E-state index is 12.1. The van der Waals surface area contributed by atoms with E-state index in [2.05, 4.69) is 4.72 Å². The topological polar surface area (TPSA) is 66.4 Å². The molecular weight excluding hydrogens is 286 g/mol. The Morgan fingerprint density at radius 3 is 2.37 bits per heavy atom. The molecule has 0 bridgehead atoms. The standard InChI is InChI=1S/C13H12ClNO3S/c1-9-5-7-10(8-6-9)19(17,18)15-12-4-2-3-11(14)13(12)16/h2-8,15-16H,1H3. The fourth-order valence-electron chi connectivity index (χ4n) is 1.52. The van der Waals surface area contributed by atoms with Crippen LogP contribution in [0.15, 0.2) is 47.4 Å². The SMILES string of the molecule is Cc1ccc(S(=O)(=O)Nc2cccc(Cl)c2O)cc1. The monoisotopic (exact) mass is 297 g/mol. The number of phenols is 1. The first-order valence-electron chi connectivity index (χ1n) is 5.47. The van der Waals surface area contributed by atoms with Crippen LogP contribution in [-0.2, 0) is 10.0 Å². The van der Waals surface area contributed by atoms with Gasteiger partial charge >= 0.3 is 0 Å². The molecule has 0 saturated heterocycles. The van der Waals surface area contributed by atoms with E-state index >= 15 is 0 Å². The number of aromatic hydroxyl groups is 1. The molecule has 0 fully saturated rings. The van der Waals surface area contributed by atoms with E-state index in [-0.39, 0.29) is 21.4 Å². The molecule has 100 valence electrons. The fourth-order valence-corrected chi connectivity index (χ4v) is 2.76. The molecule has 6 heteroatoms. The summed E-state index contributed by atoms with van der Waals surface area (Å²) in [5, 5.41) is 9.78. The fraction of sp³-hybridized carbons (Fsp3) is 0.0769. The average molecular weight is 298 g/mol. The number of anilines is 1. The average Bonchev–Trinajstić information content (AvgIpc) is 2.35. The zero-order valence-electron chi connectivity index (χ0n) is 10.1. The first-order chi connectivity index (χ1) is 8.90. The van der Waals surface area contributed by atoms with Gasteiger partial charge in [0.05, 0.1) is 15.6 Å². The lowest BCUT2D eigenvalue weighted by Gasteiger charge is -2.10. The van der Waals surface area contributed by atoms with Crippen LogP contribution in [-0.4, -0.2) is 13.5 Å². The summed E-state index contributed by atoms with van der Waals surface area (Å²) in [4.78, 5) is 0.123. The van der Waals surface area contributed by atoms with Crippen molar-refractivity contribution in [2.45, 2.75) is 11.8 Å². The van der Waals surface area contributed by atoms with Gasteiger partial charge in [-0.3, -0.25) is 4.72 Å². The molecule has 2 rings (SSSR count). The van der Waals surface area contributed by atoms with Gasteiger partial charge in [0.2, 0.25) is 0 Å². The molecule has 2 aromatic carbocycles. The van der Waals surface area contributed by atoms with Gasteiger partial charge in [0.25, 0.3) is 10.0 Å². The normalized spacial score (nSPS) is 11.3.